The number of hydrogen-bond donors (Lipinski definition) is 1. The van der Waals surface area contributed by atoms with Crippen molar-refractivity contribution in [3.05, 3.63) is 90.1 Å². The first-order valence-corrected chi connectivity index (χ1v) is 11.5. The topological polar surface area (TPSA) is 81.9 Å². The van der Waals surface area contributed by atoms with E-state index < -0.39 is 12.0 Å². The molecule has 0 bridgehead atoms. The first kappa shape index (κ1) is 22.8. The second kappa shape index (κ2) is 9.64. The molecule has 0 saturated carbocycles. The van der Waals surface area contributed by atoms with Gasteiger partial charge >= 0.3 is 5.97 Å². The average Bonchev–Trinajstić information content (AvgIpc) is 3.12. The molecule has 3 aromatic rings. The normalized spacial score (nSPS) is 15.6. The summed E-state index contributed by atoms with van der Waals surface area (Å²) in [5, 5.41) is 3.63. The van der Waals surface area contributed by atoms with Gasteiger partial charge in [0, 0.05) is 6.20 Å². The van der Waals surface area contributed by atoms with Crippen LogP contribution >= 0.6 is 22.9 Å². The van der Waals surface area contributed by atoms with Gasteiger partial charge in [-0.2, -0.15) is 0 Å². The molecule has 0 saturated heterocycles. The van der Waals surface area contributed by atoms with Crippen LogP contribution in [0.2, 0.25) is 5.02 Å². The van der Waals surface area contributed by atoms with Gasteiger partial charge < -0.3 is 14.8 Å². The molecule has 0 radical (unpaired) electrons. The molecule has 4 rings (SSSR count). The molecule has 1 N–H and O–H groups in total. The summed E-state index contributed by atoms with van der Waals surface area (Å²) >= 11 is 7.45. The maximum atomic E-state index is 13.5. The molecule has 33 heavy (non-hydrogen) atoms. The zero-order chi connectivity index (χ0) is 23.5. The van der Waals surface area contributed by atoms with Crippen LogP contribution in [0.5, 0.6) is 5.75 Å². The van der Waals surface area contributed by atoms with Crippen molar-refractivity contribution in [3.63, 3.8) is 0 Å². The molecular weight excluding hydrogens is 462 g/mol. The number of nitrogens with one attached hydrogen (secondary N) is 1. The molecular formula is C24H22ClN3O4S. The minimum atomic E-state index is -0.673. The zero-order valence-electron chi connectivity index (χ0n) is 18.3. The molecule has 1 atom stereocenters. The Morgan fingerprint density at radius 3 is 2.64 bits per heavy atom. The first-order chi connectivity index (χ1) is 15.9. The summed E-state index contributed by atoms with van der Waals surface area (Å²) in [6.07, 6.45) is 1.61. The van der Waals surface area contributed by atoms with Gasteiger partial charge in [0.15, 0.2) is 4.80 Å². The highest BCUT2D eigenvalue weighted by Crippen LogP contribution is 2.31. The van der Waals surface area contributed by atoms with Crippen LogP contribution in [-0.4, -0.2) is 24.3 Å². The lowest BCUT2D eigenvalue weighted by molar-refractivity contribution is -0.139. The predicted molar refractivity (Wildman–Crippen MR) is 129 cm³/mol. The fourth-order valence-corrected chi connectivity index (χ4v) is 4.77. The van der Waals surface area contributed by atoms with Gasteiger partial charge in [0.1, 0.15) is 10.3 Å². The Morgan fingerprint density at radius 2 is 1.97 bits per heavy atom. The molecule has 2 heterocycles. The number of nitrogens with zero attached hydrogens (tertiary/aromatic N) is 2. The third kappa shape index (κ3) is 4.44. The van der Waals surface area contributed by atoms with Crippen LogP contribution in [0, 0.1) is 0 Å². The molecule has 7 nitrogen and oxygen atoms in total. The van der Waals surface area contributed by atoms with Crippen molar-refractivity contribution in [3.8, 4) is 5.75 Å². The summed E-state index contributed by atoms with van der Waals surface area (Å²) in [4.78, 5) is 31.4. The third-order valence-corrected chi connectivity index (χ3v) is 6.49. The summed E-state index contributed by atoms with van der Waals surface area (Å²) in [6.45, 7) is 3.71. The van der Waals surface area contributed by atoms with E-state index in [0.717, 1.165) is 5.56 Å². The number of thiazole rings is 1. The molecule has 0 fully saturated rings. The Balaban J connectivity index is 1.87. The zero-order valence-corrected chi connectivity index (χ0v) is 19.9. The van der Waals surface area contributed by atoms with Crippen molar-refractivity contribution in [2.75, 3.05) is 19.0 Å². The quantitative estimate of drug-likeness (QED) is 0.543. The van der Waals surface area contributed by atoms with Gasteiger partial charge in [-0.25, -0.2) is 9.79 Å². The van der Waals surface area contributed by atoms with E-state index in [1.54, 1.807) is 45.4 Å². The van der Waals surface area contributed by atoms with Gasteiger partial charge in [0.05, 0.1) is 41.7 Å². The van der Waals surface area contributed by atoms with Crippen molar-refractivity contribution in [2.45, 2.75) is 19.9 Å². The number of allylic oxidation sites excluding steroid dienone is 1. The van der Waals surface area contributed by atoms with Crippen molar-refractivity contribution in [1.29, 1.82) is 0 Å². The number of ether oxygens (including phenoxy) is 2. The first-order valence-electron chi connectivity index (χ1n) is 10.3. The lowest BCUT2D eigenvalue weighted by atomic mass is 9.96. The number of anilines is 1. The van der Waals surface area contributed by atoms with E-state index in [4.69, 9.17) is 21.1 Å². The van der Waals surface area contributed by atoms with E-state index >= 15 is 0 Å². The van der Waals surface area contributed by atoms with Gasteiger partial charge in [-0.05, 0) is 43.7 Å². The highest BCUT2D eigenvalue weighted by atomic mass is 35.5. The molecule has 170 valence electrons. The largest absolute Gasteiger partial charge is 0.497 e. The van der Waals surface area contributed by atoms with E-state index in [9.17, 15) is 9.59 Å². The van der Waals surface area contributed by atoms with Crippen LogP contribution in [0.25, 0.3) is 6.20 Å². The van der Waals surface area contributed by atoms with Crippen LogP contribution in [-0.2, 0) is 9.53 Å². The number of aromatic nitrogens is 1. The predicted octanol–water partition coefficient (Wildman–Crippen LogP) is 3.48. The van der Waals surface area contributed by atoms with Gasteiger partial charge in [-0.1, -0.05) is 47.2 Å². The van der Waals surface area contributed by atoms with Crippen LogP contribution in [0.4, 0.5) is 5.69 Å². The average molecular weight is 484 g/mol. The second-order valence-corrected chi connectivity index (χ2v) is 8.62. The van der Waals surface area contributed by atoms with Crippen LogP contribution in [0.1, 0.15) is 25.5 Å². The molecule has 0 spiro atoms. The second-order valence-electron chi connectivity index (χ2n) is 7.20. The molecule has 9 heteroatoms. The summed E-state index contributed by atoms with van der Waals surface area (Å²) in [6, 6.07) is 13.8. The number of esters is 1. The van der Waals surface area contributed by atoms with E-state index in [2.05, 4.69) is 10.3 Å². The highest BCUT2D eigenvalue weighted by Gasteiger charge is 2.33. The molecule has 1 aromatic heterocycles. The number of rotatable bonds is 6. The smallest absolute Gasteiger partial charge is 0.338 e. The fraction of sp³-hybridized carbons (Fsp3) is 0.208. The Kier molecular flexibility index (Phi) is 6.67. The van der Waals surface area contributed by atoms with Crippen molar-refractivity contribution < 1.29 is 14.3 Å². The number of benzene rings is 2. The Morgan fingerprint density at radius 1 is 1.24 bits per heavy atom. The molecule has 1 aliphatic rings. The summed E-state index contributed by atoms with van der Waals surface area (Å²) in [5.74, 6) is 0.177. The maximum Gasteiger partial charge on any atom is 0.338 e. The SMILES string of the molecule is CCOC(=O)C1=C(C)N=c2s/c(=C\Nc3ccccc3Cl)c(=O)n2[C@H]1c1ccc(OC)cc1. The number of methoxy groups -OCH3 is 1. The standard InChI is InChI=1S/C24H22ClN3O4S/c1-4-32-23(30)20-14(2)27-24-28(21(20)15-9-11-16(31-3)12-10-15)22(29)19(33-24)13-26-18-8-6-5-7-17(18)25/h5-13,21,26H,4H2,1-3H3/b19-13-/t21-/m0/s1. The van der Waals surface area contributed by atoms with E-state index in [1.165, 1.54) is 15.9 Å². The molecule has 0 amide bonds. The van der Waals surface area contributed by atoms with Gasteiger partial charge in [0.25, 0.3) is 5.56 Å². The van der Waals surface area contributed by atoms with E-state index in [1.807, 2.05) is 30.3 Å². The summed E-state index contributed by atoms with van der Waals surface area (Å²) < 4.78 is 12.5. The molecule has 2 aromatic carbocycles. The Hall–Kier alpha value is -3.36. The number of carbonyl (C=O) groups excluding carboxylic acids is 1. The number of halogens is 1. The number of fused-ring (bicyclic) bond motifs is 1. The minimum Gasteiger partial charge on any atom is -0.497 e. The van der Waals surface area contributed by atoms with Crippen LogP contribution in [0.3, 0.4) is 0 Å². The lowest BCUT2D eigenvalue weighted by Gasteiger charge is -2.24. The van der Waals surface area contributed by atoms with E-state index in [-0.39, 0.29) is 12.2 Å². The Labute approximate surface area is 199 Å². The molecule has 0 unspecified atom stereocenters. The van der Waals surface area contributed by atoms with Crippen molar-refractivity contribution >= 4 is 40.8 Å². The van der Waals surface area contributed by atoms with Crippen LogP contribution < -0.4 is 24.9 Å². The third-order valence-electron chi connectivity index (χ3n) is 5.18. The summed E-state index contributed by atoms with van der Waals surface area (Å²) in [5.41, 5.74) is 2.01. The van der Waals surface area contributed by atoms with Crippen molar-refractivity contribution in [1.82, 2.24) is 4.57 Å². The van der Waals surface area contributed by atoms with Gasteiger partial charge in [-0.3, -0.25) is 9.36 Å². The number of carbonyl (C=O) groups is 1. The van der Waals surface area contributed by atoms with E-state index in [0.29, 0.717) is 37.1 Å². The fourth-order valence-electron chi connectivity index (χ4n) is 3.61. The van der Waals surface area contributed by atoms with Gasteiger partial charge in [0.2, 0.25) is 0 Å². The van der Waals surface area contributed by atoms with Crippen molar-refractivity contribution in [2.24, 2.45) is 4.99 Å². The maximum absolute atomic E-state index is 13.5. The summed E-state index contributed by atoms with van der Waals surface area (Å²) in [7, 11) is 1.58. The minimum absolute atomic E-state index is 0.219. The molecule has 0 aliphatic carbocycles. The lowest BCUT2D eigenvalue weighted by Crippen LogP contribution is -2.40. The van der Waals surface area contributed by atoms with Crippen LogP contribution in [0.15, 0.2) is 69.6 Å². The Bertz CT molecular complexity index is 1410. The van der Waals surface area contributed by atoms with Gasteiger partial charge in [-0.15, -0.1) is 0 Å². The monoisotopic (exact) mass is 483 g/mol. The highest BCUT2D eigenvalue weighted by molar-refractivity contribution is 7.07. The number of hydrogen-bond acceptors (Lipinski definition) is 7. The number of para-hydroxylation sites is 1. The molecule has 1 aliphatic heterocycles.